The van der Waals surface area contributed by atoms with E-state index < -0.39 is 17.7 Å². The Kier molecular flexibility index (Phi) is 7.07. The summed E-state index contributed by atoms with van der Waals surface area (Å²) in [7, 11) is 1.94. The summed E-state index contributed by atoms with van der Waals surface area (Å²) in [4.78, 5) is 29.1. The maximum atomic E-state index is 13.5. The molecule has 1 aliphatic rings. The molecule has 1 N–H and O–H groups in total. The number of urea groups is 1. The summed E-state index contributed by atoms with van der Waals surface area (Å²) in [5.74, 6) is -2.13. The number of benzene rings is 1. The molecule has 0 radical (unpaired) electrons. The fourth-order valence-corrected chi connectivity index (χ4v) is 3.27. The van der Waals surface area contributed by atoms with E-state index in [1.54, 1.807) is 0 Å². The Morgan fingerprint density at radius 2 is 1.97 bits per heavy atom. The summed E-state index contributed by atoms with van der Waals surface area (Å²) in [6.07, 6.45) is 5.46. The minimum Gasteiger partial charge on any atom is -0.353 e. The lowest BCUT2D eigenvalue weighted by atomic mass is 10.3. The molecule has 0 aliphatic heterocycles. The Labute approximate surface area is 175 Å². The second-order valence-electron chi connectivity index (χ2n) is 7.70. The number of amides is 3. The van der Waals surface area contributed by atoms with E-state index in [0.29, 0.717) is 13.1 Å². The van der Waals surface area contributed by atoms with Gasteiger partial charge in [-0.3, -0.25) is 4.79 Å². The minimum absolute atomic E-state index is 0.0591. The number of aryl methyl sites for hydroxylation is 1. The van der Waals surface area contributed by atoms with E-state index in [1.165, 1.54) is 11.0 Å². The van der Waals surface area contributed by atoms with Gasteiger partial charge in [0, 0.05) is 43.3 Å². The zero-order chi connectivity index (χ0) is 21.7. The zero-order valence-electron chi connectivity index (χ0n) is 17.4. The molecule has 162 valence electrons. The third-order valence-electron chi connectivity index (χ3n) is 5.26. The summed E-state index contributed by atoms with van der Waals surface area (Å²) in [6, 6.07) is 6.80. The Morgan fingerprint density at radius 1 is 1.20 bits per heavy atom. The minimum atomic E-state index is -1.04. The number of rotatable bonds is 9. The van der Waals surface area contributed by atoms with E-state index in [1.807, 2.05) is 41.8 Å². The second kappa shape index (κ2) is 9.73. The van der Waals surface area contributed by atoms with Gasteiger partial charge >= 0.3 is 6.03 Å². The van der Waals surface area contributed by atoms with Gasteiger partial charge in [-0.05, 0) is 43.5 Å². The van der Waals surface area contributed by atoms with Gasteiger partial charge in [0.25, 0.3) is 0 Å². The fraction of sp³-hybridized carbons (Fsp3) is 0.455. The molecule has 30 heavy (non-hydrogen) atoms. The lowest BCUT2D eigenvalue weighted by Crippen LogP contribution is -2.45. The summed E-state index contributed by atoms with van der Waals surface area (Å²) in [5, 5.41) is 2.57. The average Bonchev–Trinajstić information content (AvgIpc) is 3.47. The molecule has 1 aromatic heterocycles. The molecule has 8 heteroatoms. The molecule has 0 spiro atoms. The van der Waals surface area contributed by atoms with Crippen molar-refractivity contribution in [1.29, 1.82) is 0 Å². The number of aromatic nitrogens is 1. The van der Waals surface area contributed by atoms with Gasteiger partial charge in [-0.25, -0.2) is 13.6 Å². The van der Waals surface area contributed by atoms with Crippen LogP contribution in [0.5, 0.6) is 0 Å². The maximum absolute atomic E-state index is 13.5. The second-order valence-corrected chi connectivity index (χ2v) is 7.70. The number of anilines is 1. The molecule has 2 aromatic rings. The summed E-state index contributed by atoms with van der Waals surface area (Å²) in [6.45, 7) is 2.84. The van der Waals surface area contributed by atoms with Crippen LogP contribution in [-0.4, -0.2) is 45.4 Å². The van der Waals surface area contributed by atoms with Gasteiger partial charge < -0.3 is 19.7 Å². The first kappa shape index (κ1) is 21.8. The molecule has 1 heterocycles. The molecular formula is C22H28F2N4O2. The number of carbonyl (C=O) groups is 2. The number of hydrogen-bond acceptors (Lipinski definition) is 2. The number of nitrogens with one attached hydrogen (secondary N) is 1. The van der Waals surface area contributed by atoms with Crippen molar-refractivity contribution in [1.82, 2.24) is 14.4 Å². The summed E-state index contributed by atoms with van der Waals surface area (Å²) >= 11 is 0. The predicted octanol–water partition coefficient (Wildman–Crippen LogP) is 4.13. The van der Waals surface area contributed by atoms with E-state index in [4.69, 9.17) is 0 Å². The highest BCUT2D eigenvalue weighted by atomic mass is 19.2. The van der Waals surface area contributed by atoms with E-state index in [-0.39, 0.29) is 24.2 Å². The van der Waals surface area contributed by atoms with Crippen LogP contribution in [0.3, 0.4) is 0 Å². The topological polar surface area (TPSA) is 57.6 Å². The molecule has 6 nitrogen and oxygen atoms in total. The molecule has 1 aliphatic carbocycles. The smallest absolute Gasteiger partial charge is 0.322 e. The standard InChI is InChI=1S/C22H28F2N4O2/c1-3-4-12-27(22(30)25-16-7-10-19(23)20(24)13-16)15-21(29)28(17-8-9-17)14-18-6-5-11-26(18)2/h5-7,10-11,13,17H,3-4,8-9,12,14-15H2,1-2H3,(H,25,30). The fourth-order valence-electron chi connectivity index (χ4n) is 3.27. The first-order valence-corrected chi connectivity index (χ1v) is 10.3. The normalized spacial score (nSPS) is 13.2. The van der Waals surface area contributed by atoms with Crippen molar-refractivity contribution in [2.24, 2.45) is 7.05 Å². The lowest BCUT2D eigenvalue weighted by molar-refractivity contribution is -0.133. The monoisotopic (exact) mass is 418 g/mol. The third kappa shape index (κ3) is 5.58. The summed E-state index contributed by atoms with van der Waals surface area (Å²) in [5.41, 5.74) is 1.18. The van der Waals surface area contributed by atoms with Crippen LogP contribution in [0.4, 0.5) is 19.3 Å². The van der Waals surface area contributed by atoms with Crippen molar-refractivity contribution in [2.75, 3.05) is 18.4 Å². The maximum Gasteiger partial charge on any atom is 0.322 e. The number of carbonyl (C=O) groups excluding carboxylic acids is 2. The van der Waals surface area contributed by atoms with Gasteiger partial charge in [0.05, 0.1) is 6.54 Å². The summed E-state index contributed by atoms with van der Waals surface area (Å²) < 4.78 is 28.6. The molecule has 3 rings (SSSR count). The van der Waals surface area contributed by atoms with Crippen molar-refractivity contribution < 1.29 is 18.4 Å². The van der Waals surface area contributed by atoms with Crippen LogP contribution in [0.2, 0.25) is 0 Å². The van der Waals surface area contributed by atoms with Gasteiger partial charge in [-0.15, -0.1) is 0 Å². The molecule has 0 atom stereocenters. The van der Waals surface area contributed by atoms with E-state index in [0.717, 1.165) is 43.5 Å². The Hall–Kier alpha value is -2.90. The number of unbranched alkanes of at least 4 members (excludes halogenated alkanes) is 1. The van der Waals surface area contributed by atoms with E-state index in [2.05, 4.69) is 5.32 Å². The molecule has 1 saturated carbocycles. The number of hydrogen-bond donors (Lipinski definition) is 1. The van der Waals surface area contributed by atoms with Crippen LogP contribution >= 0.6 is 0 Å². The number of halogens is 2. The van der Waals surface area contributed by atoms with E-state index in [9.17, 15) is 18.4 Å². The average molecular weight is 418 g/mol. The molecule has 1 fully saturated rings. The van der Waals surface area contributed by atoms with Gasteiger partial charge in [0.2, 0.25) is 5.91 Å². The van der Waals surface area contributed by atoms with Crippen LogP contribution in [0.1, 0.15) is 38.3 Å². The van der Waals surface area contributed by atoms with Crippen molar-refractivity contribution in [3.8, 4) is 0 Å². The van der Waals surface area contributed by atoms with Crippen LogP contribution < -0.4 is 5.32 Å². The predicted molar refractivity (Wildman–Crippen MR) is 111 cm³/mol. The molecule has 3 amide bonds. The molecule has 0 unspecified atom stereocenters. The highest BCUT2D eigenvalue weighted by molar-refractivity contribution is 5.92. The largest absolute Gasteiger partial charge is 0.353 e. The third-order valence-corrected chi connectivity index (χ3v) is 5.26. The van der Waals surface area contributed by atoms with E-state index >= 15 is 0 Å². The van der Waals surface area contributed by atoms with Crippen molar-refractivity contribution in [3.63, 3.8) is 0 Å². The molecule has 0 saturated heterocycles. The zero-order valence-corrected chi connectivity index (χ0v) is 17.4. The van der Waals surface area contributed by atoms with Crippen LogP contribution in [0.25, 0.3) is 0 Å². The Morgan fingerprint density at radius 3 is 2.57 bits per heavy atom. The van der Waals surface area contributed by atoms with Crippen molar-refractivity contribution >= 4 is 17.6 Å². The molecular weight excluding hydrogens is 390 g/mol. The van der Waals surface area contributed by atoms with Gasteiger partial charge in [0.1, 0.15) is 6.54 Å². The van der Waals surface area contributed by atoms with Crippen LogP contribution in [-0.2, 0) is 18.4 Å². The van der Waals surface area contributed by atoms with Gasteiger partial charge in [-0.2, -0.15) is 0 Å². The SMILES string of the molecule is CCCCN(CC(=O)N(Cc1cccn1C)C1CC1)C(=O)Nc1ccc(F)c(F)c1. The Balaban J connectivity index is 1.68. The number of nitrogens with zero attached hydrogens (tertiary/aromatic N) is 3. The van der Waals surface area contributed by atoms with Gasteiger partial charge in [0.15, 0.2) is 11.6 Å². The Bertz CT molecular complexity index is 895. The van der Waals surface area contributed by atoms with Gasteiger partial charge in [-0.1, -0.05) is 13.3 Å². The van der Waals surface area contributed by atoms with Crippen molar-refractivity contribution in [3.05, 3.63) is 53.9 Å². The first-order chi connectivity index (χ1) is 14.4. The quantitative estimate of drug-likeness (QED) is 0.666. The first-order valence-electron chi connectivity index (χ1n) is 10.3. The highest BCUT2D eigenvalue weighted by Gasteiger charge is 2.34. The van der Waals surface area contributed by atoms with Crippen LogP contribution in [0, 0.1) is 11.6 Å². The van der Waals surface area contributed by atoms with Crippen LogP contribution in [0.15, 0.2) is 36.5 Å². The highest BCUT2D eigenvalue weighted by Crippen LogP contribution is 2.28. The molecule has 1 aromatic carbocycles. The van der Waals surface area contributed by atoms with Crippen molar-refractivity contribution in [2.45, 2.75) is 45.2 Å². The lowest BCUT2D eigenvalue weighted by Gasteiger charge is -2.28. The molecule has 0 bridgehead atoms.